The first-order chi connectivity index (χ1) is 31.9. The molecule has 3 aliphatic rings. The maximum Gasteiger partial charge on any atom is 0.242 e. The van der Waals surface area contributed by atoms with Gasteiger partial charge < -0.3 is 18.9 Å². The molecule has 9 rings (SSSR count). The Hall–Kier alpha value is -5.79. The Morgan fingerprint density at radius 3 is 2.24 bits per heavy atom. The molecule has 6 aromatic rings. The summed E-state index contributed by atoms with van der Waals surface area (Å²) in [5.74, 6) is 1.52. The molecule has 0 spiro atoms. The van der Waals surface area contributed by atoms with E-state index in [1.807, 2.05) is 36.4 Å². The lowest BCUT2D eigenvalue weighted by Gasteiger charge is -2.35. The Morgan fingerprint density at radius 1 is 0.742 bits per heavy atom. The Kier molecular flexibility index (Phi) is 12.7. The molecule has 0 radical (unpaired) electrons. The predicted octanol–water partition coefficient (Wildman–Crippen LogP) is 10.6. The van der Waals surface area contributed by atoms with Crippen LogP contribution in [0.15, 0.2) is 148 Å². The van der Waals surface area contributed by atoms with Gasteiger partial charge in [0.15, 0.2) is 5.71 Å². The molecule has 66 heavy (non-hydrogen) atoms. The number of benzene rings is 6. The third kappa shape index (κ3) is 8.33. The molecular formula is C54H57N3O7S2. The summed E-state index contributed by atoms with van der Waals surface area (Å²) < 4.78 is 84.1. The van der Waals surface area contributed by atoms with Crippen molar-refractivity contribution in [1.82, 2.24) is 9.21 Å². The zero-order chi connectivity index (χ0) is 46.3. The van der Waals surface area contributed by atoms with Crippen LogP contribution >= 0.6 is 0 Å². The summed E-state index contributed by atoms with van der Waals surface area (Å²) in [6, 6.07) is 27.6. The summed E-state index contributed by atoms with van der Waals surface area (Å²) in [4.78, 5) is 1.38. The lowest BCUT2D eigenvalue weighted by Crippen LogP contribution is -2.30. The largest absolute Gasteiger partial charge is 0.744 e. The fraction of sp³-hybridized carbons (Fsp3) is 0.315. The minimum absolute atomic E-state index is 0.153. The number of allylic oxidation sites excluding steroid dienone is 6. The van der Waals surface area contributed by atoms with Crippen molar-refractivity contribution in [3.05, 3.63) is 143 Å². The average molecular weight is 924 g/mol. The van der Waals surface area contributed by atoms with Crippen molar-refractivity contribution in [3.63, 3.8) is 0 Å². The molecule has 1 heterocycles. The van der Waals surface area contributed by atoms with Gasteiger partial charge in [-0.15, -0.1) is 0 Å². The topological polar surface area (TPSA) is 119 Å². The number of nitrogens with zero attached hydrogens (tertiary/aromatic N) is 3. The minimum atomic E-state index is -5.14. The number of fused-ring (bicyclic) bond motifs is 3. The van der Waals surface area contributed by atoms with Crippen molar-refractivity contribution in [2.24, 2.45) is 0 Å². The number of hydrogen-bond acceptors (Lipinski definition) is 8. The maximum absolute atomic E-state index is 14.0. The standard InChI is InChI=1S/C54H57N3O7S2/c1-6-56(7-2)39-21-26-45-49(33-39)64-50-34-40(57(8-3)9-4)22-27-46(50)54(45)47-28-23-41(35-51(47)66(60,61)62)65(58,59)55(5)30-14-10-11-15-31-63-48-29-20-36-18-24-43-42-17-13-12-16-37(42)32-38-19-25-44(48)52(36)53(38)43/h12-13,16-29,32-33,35,49H,6-11,14-15,30-31,34H2,1-5H3. The molecule has 0 amide bonds. The van der Waals surface area contributed by atoms with Crippen LogP contribution in [0.4, 0.5) is 0 Å². The first kappa shape index (κ1) is 45.4. The summed E-state index contributed by atoms with van der Waals surface area (Å²) in [6.45, 7) is 12.3. The molecule has 0 aromatic heterocycles. The van der Waals surface area contributed by atoms with Crippen LogP contribution in [0.5, 0.6) is 5.75 Å². The smallest absolute Gasteiger partial charge is 0.242 e. The molecule has 0 bridgehead atoms. The van der Waals surface area contributed by atoms with Gasteiger partial charge in [0.05, 0.1) is 22.8 Å². The van der Waals surface area contributed by atoms with Crippen molar-refractivity contribution in [3.8, 4) is 5.75 Å². The van der Waals surface area contributed by atoms with Crippen LogP contribution in [0.1, 0.15) is 65.4 Å². The molecule has 12 heteroatoms. The number of rotatable bonds is 17. The molecule has 0 saturated heterocycles. The molecule has 10 nitrogen and oxygen atoms in total. The van der Waals surface area contributed by atoms with Gasteiger partial charge >= 0.3 is 0 Å². The summed E-state index contributed by atoms with van der Waals surface area (Å²) in [5.41, 5.74) is 4.14. The van der Waals surface area contributed by atoms with Gasteiger partial charge in [0, 0.05) is 71.5 Å². The highest BCUT2D eigenvalue weighted by atomic mass is 32.2. The fourth-order valence-electron chi connectivity index (χ4n) is 10.1. The lowest BCUT2D eigenvalue weighted by molar-refractivity contribution is -0.521. The van der Waals surface area contributed by atoms with Crippen LogP contribution in [-0.4, -0.2) is 93.4 Å². The monoisotopic (exact) mass is 923 g/mol. The molecule has 1 unspecified atom stereocenters. The maximum atomic E-state index is 14.0. The van der Waals surface area contributed by atoms with Crippen molar-refractivity contribution in [1.29, 1.82) is 0 Å². The van der Waals surface area contributed by atoms with E-state index in [4.69, 9.17) is 9.47 Å². The number of unbranched alkanes of at least 4 members (excludes halogenated alkanes) is 3. The van der Waals surface area contributed by atoms with Gasteiger partial charge in [-0.05, 0) is 121 Å². The SMILES string of the molecule is CCN(CC)C1=CC2OC3=C(C=CC(=[N+](CC)CC)C3)C(c3ccc(S(=O)(=O)N(C)CCCCCCOc4ccc5ccc6c7ccccc7cc7ccc4c5c76)cc3S(=O)(=O)[O-])=C2C=C1. The Morgan fingerprint density at radius 2 is 1.47 bits per heavy atom. The van der Waals surface area contributed by atoms with E-state index in [1.165, 1.54) is 61.2 Å². The number of sulfonamides is 1. The van der Waals surface area contributed by atoms with Gasteiger partial charge in [0.2, 0.25) is 10.0 Å². The van der Waals surface area contributed by atoms with Crippen LogP contribution in [0.25, 0.3) is 48.7 Å². The molecule has 6 aromatic carbocycles. The summed E-state index contributed by atoms with van der Waals surface area (Å²) in [7, 11) is -7.80. The number of hydrogen-bond donors (Lipinski definition) is 0. The molecular weight excluding hydrogens is 867 g/mol. The minimum Gasteiger partial charge on any atom is -0.744 e. The van der Waals surface area contributed by atoms with E-state index in [0.717, 1.165) is 74.1 Å². The summed E-state index contributed by atoms with van der Waals surface area (Å²) in [6.07, 6.45) is 12.8. The Labute approximate surface area is 388 Å². The van der Waals surface area contributed by atoms with Crippen LogP contribution in [0.2, 0.25) is 0 Å². The molecule has 2 aliphatic carbocycles. The van der Waals surface area contributed by atoms with Gasteiger partial charge in [0.1, 0.15) is 40.8 Å². The Bertz CT molecular complexity index is 3300. The van der Waals surface area contributed by atoms with E-state index in [9.17, 15) is 21.4 Å². The van der Waals surface area contributed by atoms with Crippen LogP contribution < -0.4 is 4.74 Å². The molecule has 0 fully saturated rings. The number of ether oxygens (including phenoxy) is 2. The second-order valence-electron chi connectivity index (χ2n) is 17.3. The molecule has 1 aliphatic heterocycles. The van der Waals surface area contributed by atoms with Gasteiger partial charge in [-0.3, -0.25) is 0 Å². The van der Waals surface area contributed by atoms with E-state index < -0.39 is 31.1 Å². The highest BCUT2D eigenvalue weighted by molar-refractivity contribution is 7.89. The van der Waals surface area contributed by atoms with E-state index in [1.54, 1.807) is 0 Å². The third-order valence-electron chi connectivity index (χ3n) is 13.6. The predicted molar refractivity (Wildman–Crippen MR) is 265 cm³/mol. The van der Waals surface area contributed by atoms with Gasteiger partial charge in [-0.2, -0.15) is 0 Å². The van der Waals surface area contributed by atoms with E-state index in [-0.39, 0.29) is 17.0 Å². The highest BCUT2D eigenvalue weighted by Crippen LogP contribution is 2.45. The van der Waals surface area contributed by atoms with Gasteiger partial charge in [0.25, 0.3) is 0 Å². The second-order valence-corrected chi connectivity index (χ2v) is 20.7. The number of likely N-dealkylation sites (N-methyl/N-ethyl adjacent to an activating group) is 1. The van der Waals surface area contributed by atoms with Crippen LogP contribution in [-0.2, 0) is 24.9 Å². The lowest BCUT2D eigenvalue weighted by atomic mass is 9.83. The van der Waals surface area contributed by atoms with Crippen molar-refractivity contribution in [2.45, 2.75) is 75.7 Å². The quantitative estimate of drug-likeness (QED) is 0.0292. The highest BCUT2D eigenvalue weighted by Gasteiger charge is 2.36. The first-order valence-electron chi connectivity index (χ1n) is 23.2. The first-order valence-corrected chi connectivity index (χ1v) is 26.1. The normalized spacial score (nSPS) is 16.4. The van der Waals surface area contributed by atoms with Crippen molar-refractivity contribution in [2.75, 3.05) is 46.4 Å². The van der Waals surface area contributed by atoms with E-state index >= 15 is 0 Å². The van der Waals surface area contributed by atoms with Gasteiger partial charge in [-0.1, -0.05) is 73.5 Å². The molecule has 0 N–H and O–H groups in total. The van der Waals surface area contributed by atoms with Crippen LogP contribution in [0.3, 0.4) is 0 Å². The van der Waals surface area contributed by atoms with E-state index in [0.29, 0.717) is 41.9 Å². The Balaban J connectivity index is 0.894. The zero-order valence-corrected chi connectivity index (χ0v) is 40.0. The second kappa shape index (κ2) is 18.5. The molecule has 342 valence electrons. The van der Waals surface area contributed by atoms with Gasteiger partial charge in [-0.25, -0.2) is 25.7 Å². The third-order valence-corrected chi connectivity index (χ3v) is 16.3. The van der Waals surface area contributed by atoms with Crippen molar-refractivity contribution >= 4 is 74.5 Å². The average Bonchev–Trinajstić information content (AvgIpc) is 3.32. The molecule has 1 atom stereocenters. The zero-order valence-electron chi connectivity index (χ0n) is 38.3. The van der Waals surface area contributed by atoms with Crippen molar-refractivity contribution < 1.29 is 35.4 Å². The van der Waals surface area contributed by atoms with E-state index in [2.05, 4.69) is 97.8 Å². The van der Waals surface area contributed by atoms with Crippen LogP contribution in [0, 0.1) is 0 Å². The molecule has 0 saturated carbocycles. The summed E-state index contributed by atoms with van der Waals surface area (Å²) in [5, 5.41) is 9.63. The summed E-state index contributed by atoms with van der Waals surface area (Å²) >= 11 is 0. The fourth-order valence-corrected chi connectivity index (χ4v) is 12.1.